The van der Waals surface area contributed by atoms with Gasteiger partial charge < -0.3 is 0 Å². The van der Waals surface area contributed by atoms with Crippen molar-refractivity contribution in [2.24, 2.45) is 0 Å². The van der Waals surface area contributed by atoms with Crippen LogP contribution in [0.5, 0.6) is 0 Å². The van der Waals surface area contributed by atoms with Crippen molar-refractivity contribution in [2.45, 2.75) is 135 Å². The van der Waals surface area contributed by atoms with Gasteiger partial charge in [-0.2, -0.15) is 0 Å². The zero-order chi connectivity index (χ0) is 18.3. The van der Waals surface area contributed by atoms with Gasteiger partial charge in [-0.15, -0.1) is 0 Å². The smallest absolute Gasteiger partial charge is 0.00313 e. The van der Waals surface area contributed by atoms with E-state index in [-0.39, 0.29) is 0 Å². The molecule has 150 valence electrons. The number of alkyl halides is 1. The van der Waals surface area contributed by atoms with Crippen molar-refractivity contribution in [2.75, 3.05) is 5.33 Å². The largest absolute Gasteiger partial charge is 0.0928 e. The van der Waals surface area contributed by atoms with Crippen LogP contribution in [-0.4, -0.2) is 5.33 Å². The third-order valence-electron chi connectivity index (χ3n) is 5.15. The summed E-state index contributed by atoms with van der Waals surface area (Å²) in [6.45, 7) is 2.29. The van der Waals surface area contributed by atoms with Crippen molar-refractivity contribution in [3.63, 3.8) is 0 Å². The van der Waals surface area contributed by atoms with Crippen LogP contribution in [0.15, 0.2) is 12.2 Å². The van der Waals surface area contributed by atoms with Gasteiger partial charge in [0.15, 0.2) is 0 Å². The third-order valence-corrected chi connectivity index (χ3v) is 5.71. The highest BCUT2D eigenvalue weighted by atomic mass is 79.9. The number of allylic oxidation sites excluding steroid dienone is 2. The molecule has 0 saturated carbocycles. The summed E-state index contributed by atoms with van der Waals surface area (Å²) in [5.41, 5.74) is 0. The summed E-state index contributed by atoms with van der Waals surface area (Å²) in [6, 6.07) is 0. The van der Waals surface area contributed by atoms with Crippen molar-refractivity contribution in [1.82, 2.24) is 0 Å². The molecular weight excluding hydrogens is 368 g/mol. The van der Waals surface area contributed by atoms with E-state index in [1.807, 2.05) is 0 Å². The third kappa shape index (κ3) is 24.2. The second-order valence-electron chi connectivity index (χ2n) is 7.75. The number of hydrogen-bond donors (Lipinski definition) is 0. The Kier molecular flexibility index (Phi) is 24.4. The van der Waals surface area contributed by atoms with E-state index in [0.29, 0.717) is 0 Å². The topological polar surface area (TPSA) is 0 Å². The lowest BCUT2D eigenvalue weighted by Gasteiger charge is -2.02. The molecule has 0 nitrogen and oxygen atoms in total. The fourth-order valence-electron chi connectivity index (χ4n) is 3.40. The van der Waals surface area contributed by atoms with E-state index in [4.69, 9.17) is 0 Å². The molecule has 0 aliphatic rings. The Labute approximate surface area is 168 Å². The van der Waals surface area contributed by atoms with Crippen LogP contribution in [0, 0.1) is 0 Å². The van der Waals surface area contributed by atoms with Gasteiger partial charge in [0.1, 0.15) is 0 Å². The predicted molar refractivity (Wildman–Crippen MR) is 121 cm³/mol. The van der Waals surface area contributed by atoms with Crippen LogP contribution in [0.2, 0.25) is 0 Å². The van der Waals surface area contributed by atoms with Crippen molar-refractivity contribution in [3.05, 3.63) is 12.2 Å². The molecule has 0 aliphatic heterocycles. The second kappa shape index (κ2) is 24.2. The number of hydrogen-bond acceptors (Lipinski definition) is 0. The van der Waals surface area contributed by atoms with Gasteiger partial charge in [-0.05, 0) is 32.1 Å². The number of halogens is 1. The molecule has 0 bridgehead atoms. The maximum atomic E-state index is 3.50. The van der Waals surface area contributed by atoms with Crippen LogP contribution < -0.4 is 0 Å². The molecule has 1 heteroatoms. The SMILES string of the molecule is CCCCCCCCC=CCCCCCCCCCCCCCCBr. The van der Waals surface area contributed by atoms with Crippen LogP contribution >= 0.6 is 15.9 Å². The molecule has 0 atom stereocenters. The standard InChI is InChI=1S/C24H47Br/c1-2-3-4-5-6-7-8-9-10-11-12-13-14-15-16-17-18-19-20-21-22-23-24-25/h9-10H,2-8,11-24H2,1H3. The second-order valence-corrected chi connectivity index (χ2v) is 8.54. The van der Waals surface area contributed by atoms with Gasteiger partial charge in [0.2, 0.25) is 0 Å². The lowest BCUT2D eigenvalue weighted by atomic mass is 10.0. The first-order valence-electron chi connectivity index (χ1n) is 11.6. The van der Waals surface area contributed by atoms with Crippen LogP contribution in [-0.2, 0) is 0 Å². The molecule has 0 unspecified atom stereocenters. The van der Waals surface area contributed by atoms with Crippen LogP contribution in [0.1, 0.15) is 135 Å². The summed E-state index contributed by atoms with van der Waals surface area (Å²) in [6.07, 6.45) is 33.3. The minimum absolute atomic E-state index is 1.18. The van der Waals surface area contributed by atoms with Crippen molar-refractivity contribution in [3.8, 4) is 0 Å². The molecule has 0 N–H and O–H groups in total. The molecule has 0 saturated heterocycles. The molecule has 0 fully saturated rings. The first kappa shape index (κ1) is 25.2. The van der Waals surface area contributed by atoms with Gasteiger partial charge in [-0.25, -0.2) is 0 Å². The highest BCUT2D eigenvalue weighted by Gasteiger charge is 1.93. The predicted octanol–water partition coefficient (Wildman–Crippen LogP) is 9.76. The van der Waals surface area contributed by atoms with Gasteiger partial charge in [-0.1, -0.05) is 131 Å². The van der Waals surface area contributed by atoms with Gasteiger partial charge >= 0.3 is 0 Å². The average Bonchev–Trinajstić information content (AvgIpc) is 2.63. The fourth-order valence-corrected chi connectivity index (χ4v) is 3.80. The molecule has 0 aromatic rings. The molecule has 0 spiro atoms. The van der Waals surface area contributed by atoms with Crippen molar-refractivity contribution in [1.29, 1.82) is 0 Å². The Morgan fingerprint density at radius 3 is 1.12 bits per heavy atom. The molecule has 0 radical (unpaired) electrons. The van der Waals surface area contributed by atoms with Crippen molar-refractivity contribution >= 4 is 15.9 Å². The van der Waals surface area contributed by atoms with Gasteiger partial charge in [0.25, 0.3) is 0 Å². The lowest BCUT2D eigenvalue weighted by Crippen LogP contribution is -1.83. The van der Waals surface area contributed by atoms with E-state index in [1.54, 1.807) is 0 Å². The summed E-state index contributed by atoms with van der Waals surface area (Å²) >= 11 is 3.50. The molecule has 0 aromatic carbocycles. The van der Waals surface area contributed by atoms with E-state index in [1.165, 1.54) is 134 Å². The summed E-state index contributed by atoms with van der Waals surface area (Å²) in [5.74, 6) is 0. The first-order valence-corrected chi connectivity index (χ1v) is 12.7. The molecule has 25 heavy (non-hydrogen) atoms. The Hall–Kier alpha value is 0.220. The van der Waals surface area contributed by atoms with E-state index >= 15 is 0 Å². The monoisotopic (exact) mass is 414 g/mol. The zero-order valence-corrected chi connectivity index (χ0v) is 19.0. The maximum Gasteiger partial charge on any atom is 0.00313 e. The minimum atomic E-state index is 1.18. The fraction of sp³-hybridized carbons (Fsp3) is 0.917. The lowest BCUT2D eigenvalue weighted by molar-refractivity contribution is 0.545. The highest BCUT2D eigenvalue weighted by Crippen LogP contribution is 2.13. The highest BCUT2D eigenvalue weighted by molar-refractivity contribution is 9.09. The Balaban J connectivity index is 3.03. The van der Waals surface area contributed by atoms with E-state index < -0.39 is 0 Å². The number of unbranched alkanes of at least 4 members (excludes halogenated alkanes) is 18. The summed E-state index contributed by atoms with van der Waals surface area (Å²) in [5, 5.41) is 1.18. The molecule has 0 aromatic heterocycles. The molecule has 0 aliphatic carbocycles. The molecular formula is C24H47Br. The zero-order valence-electron chi connectivity index (χ0n) is 17.4. The van der Waals surface area contributed by atoms with E-state index in [9.17, 15) is 0 Å². The quantitative estimate of drug-likeness (QED) is 0.0994. The van der Waals surface area contributed by atoms with Gasteiger partial charge in [0.05, 0.1) is 0 Å². The van der Waals surface area contributed by atoms with E-state index in [0.717, 1.165) is 0 Å². The summed E-state index contributed by atoms with van der Waals surface area (Å²) < 4.78 is 0. The molecule has 0 amide bonds. The average molecular weight is 416 g/mol. The van der Waals surface area contributed by atoms with Crippen molar-refractivity contribution < 1.29 is 0 Å². The summed E-state index contributed by atoms with van der Waals surface area (Å²) in [4.78, 5) is 0. The van der Waals surface area contributed by atoms with E-state index in [2.05, 4.69) is 35.0 Å². The minimum Gasteiger partial charge on any atom is -0.0928 e. The Morgan fingerprint density at radius 1 is 0.440 bits per heavy atom. The van der Waals surface area contributed by atoms with Gasteiger partial charge in [0, 0.05) is 5.33 Å². The number of rotatable bonds is 21. The normalized spacial score (nSPS) is 11.6. The van der Waals surface area contributed by atoms with Gasteiger partial charge in [-0.3, -0.25) is 0 Å². The van der Waals surface area contributed by atoms with Crippen LogP contribution in [0.3, 0.4) is 0 Å². The first-order chi connectivity index (χ1) is 12.4. The Bertz CT molecular complexity index is 246. The summed E-state index contributed by atoms with van der Waals surface area (Å²) in [7, 11) is 0. The molecule has 0 heterocycles. The van der Waals surface area contributed by atoms with Crippen LogP contribution in [0.25, 0.3) is 0 Å². The molecule has 0 rings (SSSR count). The maximum absolute atomic E-state index is 3.50. The Morgan fingerprint density at radius 2 is 0.760 bits per heavy atom. The van der Waals surface area contributed by atoms with Crippen LogP contribution in [0.4, 0.5) is 0 Å².